The van der Waals surface area contributed by atoms with Crippen LogP contribution in [0, 0.1) is 0 Å². The minimum Gasteiger partial charge on any atom is -0.299 e. The van der Waals surface area contributed by atoms with E-state index in [0.717, 1.165) is 27.1 Å². The molecule has 0 amide bonds. The summed E-state index contributed by atoms with van der Waals surface area (Å²) in [5, 5.41) is 6.80. The van der Waals surface area contributed by atoms with E-state index in [1.165, 1.54) is 16.0 Å². The van der Waals surface area contributed by atoms with Gasteiger partial charge >= 0.3 is 0 Å². The van der Waals surface area contributed by atoms with Crippen LogP contribution in [0.4, 0.5) is 0 Å². The summed E-state index contributed by atoms with van der Waals surface area (Å²) < 4.78 is 0. The third kappa shape index (κ3) is 1.83. The van der Waals surface area contributed by atoms with Crippen molar-refractivity contribution < 1.29 is 9.59 Å². The van der Waals surface area contributed by atoms with Crippen molar-refractivity contribution in [3.05, 3.63) is 64.0 Å². The predicted molar refractivity (Wildman–Crippen MR) is 97.0 cm³/mol. The van der Waals surface area contributed by atoms with Crippen LogP contribution in [0.2, 0.25) is 0 Å². The molecule has 0 heterocycles. The lowest BCUT2D eigenvalue weighted by Crippen LogP contribution is -2.20. The van der Waals surface area contributed by atoms with E-state index >= 15 is 0 Å². The summed E-state index contributed by atoms with van der Waals surface area (Å²) >= 11 is 0. The lowest BCUT2D eigenvalue weighted by molar-refractivity contribution is -0.117. The molecule has 114 valence electrons. The van der Waals surface area contributed by atoms with E-state index in [0.29, 0.717) is 12.8 Å². The Bertz CT molecular complexity index is 1230. The maximum atomic E-state index is 11.8. The number of rotatable bonds is 0. The topological polar surface area (TPSA) is 34.1 Å². The van der Waals surface area contributed by atoms with E-state index in [9.17, 15) is 9.59 Å². The fraction of sp³-hybridized carbons (Fsp3) is 0.0909. The number of carbonyl (C=O) groups excluding carboxylic acids is 2. The molecule has 2 nitrogen and oxygen atoms in total. The molecule has 0 aromatic heterocycles. The third-order valence-corrected chi connectivity index (χ3v) is 5.04. The van der Waals surface area contributed by atoms with Gasteiger partial charge in [-0.05, 0) is 55.3 Å². The highest BCUT2D eigenvalue weighted by Crippen LogP contribution is 2.24. The molecule has 0 unspecified atom stereocenters. The molecule has 0 saturated heterocycles. The summed E-state index contributed by atoms with van der Waals surface area (Å²) in [6.45, 7) is 0. The summed E-state index contributed by atoms with van der Waals surface area (Å²) in [6, 6.07) is 12.6. The molecule has 2 aliphatic carbocycles. The van der Waals surface area contributed by atoms with Gasteiger partial charge in [-0.15, -0.1) is 0 Å². The second-order valence-corrected chi connectivity index (χ2v) is 6.47. The number of ketones is 2. The monoisotopic (exact) mass is 310 g/mol. The van der Waals surface area contributed by atoms with Gasteiger partial charge in [-0.2, -0.15) is 0 Å². The fourth-order valence-electron chi connectivity index (χ4n) is 3.89. The summed E-state index contributed by atoms with van der Waals surface area (Å²) in [5.74, 6) is 0.309. The lowest BCUT2D eigenvalue weighted by atomic mass is 9.90. The van der Waals surface area contributed by atoms with Gasteiger partial charge in [0.1, 0.15) is 5.78 Å². The molecule has 3 aromatic rings. The number of hydrogen-bond donors (Lipinski definition) is 0. The second-order valence-electron chi connectivity index (χ2n) is 6.47. The maximum Gasteiger partial charge on any atom is 0.179 e. The highest BCUT2D eigenvalue weighted by molar-refractivity contribution is 6.19. The minimum absolute atomic E-state index is 0.0346. The highest BCUT2D eigenvalue weighted by atomic mass is 16.1. The molecule has 0 radical (unpaired) electrons. The zero-order chi connectivity index (χ0) is 16.3. The number of fused-ring (bicyclic) bond motifs is 7. The van der Waals surface area contributed by atoms with Crippen LogP contribution >= 0.6 is 0 Å². The molecular weight excluding hydrogens is 296 g/mol. The van der Waals surface area contributed by atoms with Crippen LogP contribution in [0.1, 0.15) is 17.5 Å². The van der Waals surface area contributed by atoms with E-state index in [1.54, 1.807) is 12.2 Å². The zero-order valence-electron chi connectivity index (χ0n) is 13.0. The summed E-state index contributed by atoms with van der Waals surface area (Å²) in [7, 11) is 0. The first-order valence-corrected chi connectivity index (χ1v) is 8.14. The maximum absolute atomic E-state index is 11.8. The van der Waals surface area contributed by atoms with Crippen LogP contribution in [0.15, 0.2) is 42.5 Å². The van der Waals surface area contributed by atoms with Gasteiger partial charge < -0.3 is 0 Å². The molecule has 0 aliphatic heterocycles. The van der Waals surface area contributed by atoms with Crippen molar-refractivity contribution in [1.29, 1.82) is 0 Å². The van der Waals surface area contributed by atoms with Crippen molar-refractivity contribution >= 4 is 51.3 Å². The average molecular weight is 310 g/mol. The number of hydrogen-bond acceptors (Lipinski definition) is 2. The van der Waals surface area contributed by atoms with Gasteiger partial charge in [-0.1, -0.05) is 48.6 Å². The van der Waals surface area contributed by atoms with Gasteiger partial charge in [0.05, 0.1) is 0 Å². The molecule has 3 aromatic carbocycles. The van der Waals surface area contributed by atoms with Crippen LogP contribution in [-0.4, -0.2) is 11.6 Å². The first-order chi connectivity index (χ1) is 11.7. The Balaban J connectivity index is 1.93. The first-order valence-electron chi connectivity index (χ1n) is 8.14. The quantitative estimate of drug-likeness (QED) is 0.598. The summed E-state index contributed by atoms with van der Waals surface area (Å²) in [6.07, 6.45) is 8.29. The first kappa shape index (κ1) is 13.4. The smallest absolute Gasteiger partial charge is 0.179 e. The molecule has 24 heavy (non-hydrogen) atoms. The van der Waals surface area contributed by atoms with E-state index in [4.69, 9.17) is 0 Å². The van der Waals surface area contributed by atoms with Crippen LogP contribution < -0.4 is 10.4 Å². The third-order valence-electron chi connectivity index (χ3n) is 5.04. The molecule has 0 N–H and O–H groups in total. The Morgan fingerprint density at radius 1 is 0.708 bits per heavy atom. The molecule has 0 atom stereocenters. The van der Waals surface area contributed by atoms with Crippen LogP contribution in [0.25, 0.3) is 39.8 Å². The minimum atomic E-state index is 0.0346. The number of carbonyl (C=O) groups is 2. The Kier molecular flexibility index (Phi) is 2.66. The highest BCUT2D eigenvalue weighted by Gasteiger charge is 2.13. The van der Waals surface area contributed by atoms with Crippen LogP contribution in [0.3, 0.4) is 0 Å². The van der Waals surface area contributed by atoms with Crippen LogP contribution in [0.5, 0.6) is 0 Å². The van der Waals surface area contributed by atoms with Crippen molar-refractivity contribution in [3.63, 3.8) is 0 Å². The largest absolute Gasteiger partial charge is 0.299 e. The molecule has 0 bridgehead atoms. The molecular formula is C22H14O2. The van der Waals surface area contributed by atoms with E-state index in [1.807, 2.05) is 12.2 Å². The Hall–Kier alpha value is -3.00. The van der Waals surface area contributed by atoms with Crippen molar-refractivity contribution in [2.24, 2.45) is 0 Å². The average Bonchev–Trinajstić information content (AvgIpc) is 2.60. The summed E-state index contributed by atoms with van der Waals surface area (Å²) in [5.41, 5.74) is 2.19. The summed E-state index contributed by atoms with van der Waals surface area (Å²) in [4.78, 5) is 23.5. The Labute approximate surface area is 138 Å². The fourth-order valence-corrected chi connectivity index (χ4v) is 3.89. The Morgan fingerprint density at radius 2 is 1.42 bits per heavy atom. The molecule has 2 aliphatic rings. The van der Waals surface area contributed by atoms with Gasteiger partial charge in [0.25, 0.3) is 0 Å². The van der Waals surface area contributed by atoms with Gasteiger partial charge in [0, 0.05) is 12.8 Å². The van der Waals surface area contributed by atoms with E-state index < -0.39 is 0 Å². The standard InChI is InChI=1S/C22H14O2/c23-15-5-8-17-14(11-15)3-7-19-18(17)9-10-21-20(19)6-2-13-1-4-16(24)12-22(13)21/h1-4,6-10,12H,5,11H2. The van der Waals surface area contributed by atoms with E-state index in [-0.39, 0.29) is 11.6 Å². The molecule has 5 rings (SSSR count). The molecule has 2 heteroatoms. The normalized spacial score (nSPS) is 15.8. The van der Waals surface area contributed by atoms with Gasteiger partial charge in [-0.25, -0.2) is 0 Å². The number of Topliss-reactive ketones (excluding diaryl/α,β-unsaturated/α-hetero) is 1. The van der Waals surface area contributed by atoms with E-state index in [2.05, 4.69) is 36.4 Å². The van der Waals surface area contributed by atoms with Crippen molar-refractivity contribution in [2.45, 2.75) is 12.8 Å². The van der Waals surface area contributed by atoms with Gasteiger partial charge in [-0.3, -0.25) is 9.59 Å². The van der Waals surface area contributed by atoms with Crippen LogP contribution in [-0.2, 0) is 16.0 Å². The van der Waals surface area contributed by atoms with Gasteiger partial charge in [0.2, 0.25) is 0 Å². The lowest BCUT2D eigenvalue weighted by Gasteiger charge is -2.13. The number of benzene rings is 3. The Morgan fingerprint density at radius 3 is 2.25 bits per heavy atom. The van der Waals surface area contributed by atoms with Crippen molar-refractivity contribution in [2.75, 3.05) is 0 Å². The van der Waals surface area contributed by atoms with Gasteiger partial charge in [0.15, 0.2) is 5.78 Å². The molecule has 0 fully saturated rings. The zero-order valence-corrected chi connectivity index (χ0v) is 13.0. The molecule has 0 saturated carbocycles. The second kappa shape index (κ2) is 4.75. The van der Waals surface area contributed by atoms with Crippen molar-refractivity contribution in [3.8, 4) is 0 Å². The predicted octanol–water partition coefficient (Wildman–Crippen LogP) is 2.67. The SMILES string of the molecule is O=C1C=Cc2ccc3c(ccc4c5c(ccc43)CC(=O)CC=5)c2=C1. The van der Waals surface area contributed by atoms with Crippen molar-refractivity contribution in [1.82, 2.24) is 0 Å². The number of allylic oxidation sites excluding steroid dienone is 1. The molecule has 0 spiro atoms.